The lowest BCUT2D eigenvalue weighted by Crippen LogP contribution is -1.96. The van der Waals surface area contributed by atoms with Crippen LogP contribution < -0.4 is 0 Å². The van der Waals surface area contributed by atoms with Crippen LogP contribution in [-0.2, 0) is 0 Å². The fourth-order valence-corrected chi connectivity index (χ4v) is 1.86. The van der Waals surface area contributed by atoms with Gasteiger partial charge in [-0.1, -0.05) is 29.3 Å². The summed E-state index contributed by atoms with van der Waals surface area (Å²) < 4.78 is 27.2. The van der Waals surface area contributed by atoms with E-state index in [-0.39, 0.29) is 21.2 Å². The summed E-state index contributed by atoms with van der Waals surface area (Å²) in [4.78, 5) is 9.49. The first-order valence-electron chi connectivity index (χ1n) is 4.99. The van der Waals surface area contributed by atoms with Gasteiger partial charge in [0.25, 0.3) is 0 Å². The monoisotopic (exact) mass is 303 g/mol. The van der Waals surface area contributed by atoms with E-state index < -0.39 is 22.2 Å². The van der Waals surface area contributed by atoms with Crippen molar-refractivity contribution in [3.63, 3.8) is 0 Å². The van der Waals surface area contributed by atoms with E-state index in [9.17, 15) is 18.9 Å². The largest absolute Gasteiger partial charge is 0.307 e. The first-order valence-corrected chi connectivity index (χ1v) is 5.74. The maximum atomic E-state index is 13.8. The number of halogens is 4. The van der Waals surface area contributed by atoms with E-state index in [0.717, 1.165) is 6.07 Å². The molecule has 7 heteroatoms. The number of hydrogen-bond donors (Lipinski definition) is 0. The van der Waals surface area contributed by atoms with Crippen LogP contribution in [0.1, 0.15) is 0 Å². The molecule has 0 fully saturated rings. The Morgan fingerprint density at radius 2 is 1.68 bits per heavy atom. The lowest BCUT2D eigenvalue weighted by Gasteiger charge is -2.05. The molecule has 0 unspecified atom stereocenters. The molecule has 0 saturated heterocycles. The molecule has 0 aliphatic carbocycles. The Morgan fingerprint density at radius 1 is 1.00 bits per heavy atom. The minimum absolute atomic E-state index is 0.123. The van der Waals surface area contributed by atoms with Crippen LogP contribution in [0.4, 0.5) is 14.5 Å². The number of nitrogens with zero attached hydrogens (tertiary/aromatic N) is 1. The molecule has 98 valence electrons. The number of nitro groups is 1. The third-order valence-electron chi connectivity index (χ3n) is 2.46. The molecule has 0 amide bonds. The quantitative estimate of drug-likeness (QED) is 0.588. The molecule has 0 heterocycles. The standard InChI is InChI=1S/C12H5Cl2F2NO2/c13-8-2-1-6(3-9(8)14)7-4-11(16)12(17(18)19)5-10(7)15/h1-5H. The van der Waals surface area contributed by atoms with E-state index in [1.807, 2.05) is 0 Å². The Morgan fingerprint density at radius 3 is 2.26 bits per heavy atom. The van der Waals surface area contributed by atoms with Crippen LogP contribution in [0.25, 0.3) is 11.1 Å². The van der Waals surface area contributed by atoms with Crippen LogP contribution in [-0.4, -0.2) is 4.92 Å². The molecule has 0 spiro atoms. The maximum absolute atomic E-state index is 13.8. The second kappa shape index (κ2) is 5.11. The molecule has 0 N–H and O–H groups in total. The first kappa shape index (κ1) is 13.7. The van der Waals surface area contributed by atoms with Crippen molar-refractivity contribution in [3.8, 4) is 11.1 Å². The van der Waals surface area contributed by atoms with E-state index >= 15 is 0 Å². The van der Waals surface area contributed by atoms with Gasteiger partial charge in [-0.05, 0) is 23.8 Å². The SMILES string of the molecule is O=[N+]([O-])c1cc(F)c(-c2ccc(Cl)c(Cl)c2)cc1F. The van der Waals surface area contributed by atoms with Gasteiger partial charge in [-0.25, -0.2) is 4.39 Å². The normalized spacial score (nSPS) is 10.5. The van der Waals surface area contributed by atoms with Gasteiger partial charge in [0.2, 0.25) is 5.82 Å². The summed E-state index contributed by atoms with van der Waals surface area (Å²) in [5.74, 6) is -2.03. The smallest absolute Gasteiger partial charge is 0.258 e. The molecule has 2 aromatic rings. The van der Waals surface area contributed by atoms with Crippen LogP contribution in [0.5, 0.6) is 0 Å². The van der Waals surface area contributed by atoms with Crippen molar-refractivity contribution < 1.29 is 13.7 Å². The summed E-state index contributed by atoms with van der Waals surface area (Å²) >= 11 is 11.5. The molecule has 0 aliphatic heterocycles. The molecule has 3 nitrogen and oxygen atoms in total. The van der Waals surface area contributed by atoms with Crippen LogP contribution >= 0.6 is 23.2 Å². The van der Waals surface area contributed by atoms with E-state index in [1.54, 1.807) is 0 Å². The lowest BCUT2D eigenvalue weighted by molar-refractivity contribution is -0.387. The van der Waals surface area contributed by atoms with Crippen molar-refractivity contribution >= 4 is 28.9 Å². The van der Waals surface area contributed by atoms with Gasteiger partial charge in [-0.2, -0.15) is 4.39 Å². The number of hydrogen-bond acceptors (Lipinski definition) is 2. The summed E-state index contributed by atoms with van der Waals surface area (Å²) in [7, 11) is 0. The zero-order valence-corrected chi connectivity index (χ0v) is 10.7. The highest BCUT2D eigenvalue weighted by Gasteiger charge is 2.19. The molecule has 0 aromatic heterocycles. The van der Waals surface area contributed by atoms with Gasteiger partial charge < -0.3 is 0 Å². The maximum Gasteiger partial charge on any atom is 0.307 e. The zero-order chi connectivity index (χ0) is 14.2. The summed E-state index contributed by atoms with van der Waals surface area (Å²) in [6.45, 7) is 0. The highest BCUT2D eigenvalue weighted by Crippen LogP contribution is 2.32. The average Bonchev–Trinajstić information content (AvgIpc) is 2.35. The summed E-state index contributed by atoms with van der Waals surface area (Å²) in [6.07, 6.45) is 0. The van der Waals surface area contributed by atoms with Gasteiger partial charge in [-0.15, -0.1) is 0 Å². The minimum atomic E-state index is -1.12. The number of benzene rings is 2. The molecule has 0 bridgehead atoms. The number of nitro benzene ring substituents is 1. The van der Waals surface area contributed by atoms with Crippen molar-refractivity contribution in [3.05, 3.63) is 62.1 Å². The summed E-state index contributed by atoms with van der Waals surface area (Å²) in [5, 5.41) is 10.9. The third kappa shape index (κ3) is 2.67. The summed E-state index contributed by atoms with van der Waals surface area (Å²) in [6, 6.07) is 5.52. The van der Waals surface area contributed by atoms with Gasteiger partial charge in [-0.3, -0.25) is 10.1 Å². The predicted molar refractivity (Wildman–Crippen MR) is 68.5 cm³/mol. The van der Waals surface area contributed by atoms with Gasteiger partial charge in [0.1, 0.15) is 5.82 Å². The predicted octanol–water partition coefficient (Wildman–Crippen LogP) is 4.85. The van der Waals surface area contributed by atoms with E-state index in [0.29, 0.717) is 6.07 Å². The van der Waals surface area contributed by atoms with Crippen molar-refractivity contribution in [2.75, 3.05) is 0 Å². The molecule has 0 aliphatic rings. The fraction of sp³-hybridized carbons (Fsp3) is 0. The van der Waals surface area contributed by atoms with Crippen molar-refractivity contribution in [2.45, 2.75) is 0 Å². The zero-order valence-electron chi connectivity index (χ0n) is 9.16. The highest BCUT2D eigenvalue weighted by molar-refractivity contribution is 6.42. The molecule has 0 radical (unpaired) electrons. The van der Waals surface area contributed by atoms with Crippen LogP contribution in [0.3, 0.4) is 0 Å². The van der Waals surface area contributed by atoms with E-state index in [4.69, 9.17) is 23.2 Å². The van der Waals surface area contributed by atoms with Crippen LogP contribution in [0, 0.1) is 21.7 Å². The second-order valence-corrected chi connectivity index (χ2v) is 4.48. The van der Waals surface area contributed by atoms with Crippen molar-refractivity contribution in [1.82, 2.24) is 0 Å². The molecular formula is C12H5Cl2F2NO2. The molecule has 0 atom stereocenters. The molecule has 19 heavy (non-hydrogen) atoms. The van der Waals surface area contributed by atoms with Gasteiger partial charge in [0, 0.05) is 5.56 Å². The second-order valence-electron chi connectivity index (χ2n) is 3.67. The lowest BCUT2D eigenvalue weighted by atomic mass is 10.0. The Kier molecular flexibility index (Phi) is 3.68. The third-order valence-corrected chi connectivity index (χ3v) is 3.20. The van der Waals surface area contributed by atoms with E-state index in [1.165, 1.54) is 18.2 Å². The molecule has 0 saturated carbocycles. The van der Waals surface area contributed by atoms with Gasteiger partial charge in [0.05, 0.1) is 21.0 Å². The Balaban J connectivity index is 2.60. The molecule has 2 rings (SSSR count). The average molecular weight is 304 g/mol. The minimum Gasteiger partial charge on any atom is -0.258 e. The Hall–Kier alpha value is -1.72. The Bertz CT molecular complexity index is 677. The topological polar surface area (TPSA) is 43.1 Å². The fourth-order valence-electron chi connectivity index (χ4n) is 1.56. The Labute approximate surface area is 116 Å². The van der Waals surface area contributed by atoms with Crippen molar-refractivity contribution in [2.24, 2.45) is 0 Å². The van der Waals surface area contributed by atoms with Gasteiger partial charge in [0.15, 0.2) is 0 Å². The van der Waals surface area contributed by atoms with Gasteiger partial charge >= 0.3 is 5.69 Å². The molecule has 2 aromatic carbocycles. The van der Waals surface area contributed by atoms with Crippen LogP contribution in [0.15, 0.2) is 30.3 Å². The molecular weight excluding hydrogens is 299 g/mol. The van der Waals surface area contributed by atoms with Crippen molar-refractivity contribution in [1.29, 1.82) is 0 Å². The summed E-state index contributed by atoms with van der Waals surface area (Å²) in [5.41, 5.74) is -0.760. The first-order chi connectivity index (χ1) is 8.90. The van der Waals surface area contributed by atoms with E-state index in [2.05, 4.69) is 0 Å². The highest BCUT2D eigenvalue weighted by atomic mass is 35.5. The number of rotatable bonds is 2. The van der Waals surface area contributed by atoms with Crippen LogP contribution in [0.2, 0.25) is 10.0 Å².